The maximum Gasteiger partial charge on any atom is 0.269 e. The number of anilines is 1. The number of benzene rings is 2. The van der Waals surface area contributed by atoms with Crippen LogP contribution < -0.4 is 5.32 Å². The molecule has 1 aromatic heterocycles. The van der Waals surface area contributed by atoms with Gasteiger partial charge in [-0.1, -0.05) is 41.7 Å². The largest absolute Gasteiger partial charge is 0.365 e. The molecule has 3 rings (SSSR count). The summed E-state index contributed by atoms with van der Waals surface area (Å²) < 4.78 is 0. The number of aromatic nitrogens is 1. The first kappa shape index (κ1) is 15.8. The third kappa shape index (κ3) is 3.44. The third-order valence-corrected chi connectivity index (χ3v) is 4.14. The number of hydrogen-bond acceptors (Lipinski definition) is 7. The highest BCUT2D eigenvalue weighted by Crippen LogP contribution is 2.38. The van der Waals surface area contributed by atoms with Crippen molar-refractivity contribution in [2.24, 2.45) is 10.2 Å². The molecule has 0 amide bonds. The van der Waals surface area contributed by atoms with Gasteiger partial charge in [0, 0.05) is 24.7 Å². The second kappa shape index (κ2) is 6.97. The van der Waals surface area contributed by atoms with E-state index >= 15 is 0 Å². The van der Waals surface area contributed by atoms with Gasteiger partial charge >= 0.3 is 0 Å². The summed E-state index contributed by atoms with van der Waals surface area (Å²) >= 11 is 1.39. The smallest absolute Gasteiger partial charge is 0.269 e. The van der Waals surface area contributed by atoms with Gasteiger partial charge < -0.3 is 5.32 Å². The molecular formula is C16H13N5O2S. The fourth-order valence-electron chi connectivity index (χ4n) is 2.02. The van der Waals surface area contributed by atoms with Crippen LogP contribution in [0.1, 0.15) is 0 Å². The Kier molecular flexibility index (Phi) is 4.57. The summed E-state index contributed by atoms with van der Waals surface area (Å²) in [4.78, 5) is 14.7. The van der Waals surface area contributed by atoms with Gasteiger partial charge in [0.05, 0.1) is 10.6 Å². The highest BCUT2D eigenvalue weighted by Gasteiger charge is 2.12. The predicted molar refractivity (Wildman–Crippen MR) is 94.4 cm³/mol. The Bertz CT molecular complexity index is 875. The molecule has 0 saturated carbocycles. The van der Waals surface area contributed by atoms with Crippen molar-refractivity contribution in [3.05, 3.63) is 64.7 Å². The van der Waals surface area contributed by atoms with E-state index in [9.17, 15) is 10.1 Å². The normalized spacial score (nSPS) is 10.9. The highest BCUT2D eigenvalue weighted by molar-refractivity contribution is 7.19. The van der Waals surface area contributed by atoms with Crippen LogP contribution in [0.15, 0.2) is 64.8 Å². The van der Waals surface area contributed by atoms with Crippen LogP contribution in [0.3, 0.4) is 0 Å². The minimum Gasteiger partial charge on any atom is -0.365 e. The van der Waals surface area contributed by atoms with Crippen LogP contribution in [0.4, 0.5) is 21.5 Å². The molecule has 120 valence electrons. The van der Waals surface area contributed by atoms with Crippen LogP contribution in [0.5, 0.6) is 0 Å². The van der Waals surface area contributed by atoms with Crippen LogP contribution in [0, 0.1) is 10.1 Å². The first-order chi connectivity index (χ1) is 11.7. The standard InChI is InChI=1S/C16H13N5O2S/c1-17-16-18-14(11-5-3-2-4-6-11)15(24-16)20-19-12-7-9-13(10-8-12)21(22)23/h2-10H,1H3,(H,17,18). The number of nitro benzene ring substituents is 1. The van der Waals surface area contributed by atoms with Crippen molar-refractivity contribution in [2.45, 2.75) is 0 Å². The zero-order valence-electron chi connectivity index (χ0n) is 12.7. The summed E-state index contributed by atoms with van der Waals surface area (Å²) in [6.45, 7) is 0. The number of azo groups is 1. The van der Waals surface area contributed by atoms with Crippen LogP contribution in [0.2, 0.25) is 0 Å². The molecule has 8 heteroatoms. The van der Waals surface area contributed by atoms with E-state index in [0.717, 1.165) is 16.4 Å². The van der Waals surface area contributed by atoms with E-state index in [2.05, 4.69) is 20.5 Å². The van der Waals surface area contributed by atoms with Gasteiger partial charge in [0.25, 0.3) is 5.69 Å². The Labute approximate surface area is 141 Å². The summed E-state index contributed by atoms with van der Waals surface area (Å²) in [5.74, 6) is 0. The van der Waals surface area contributed by atoms with Gasteiger partial charge in [-0.15, -0.1) is 10.2 Å². The molecule has 3 aromatic rings. The van der Waals surface area contributed by atoms with E-state index in [4.69, 9.17) is 0 Å². The molecule has 0 aliphatic carbocycles. The van der Waals surface area contributed by atoms with Crippen molar-refractivity contribution in [3.8, 4) is 11.3 Å². The van der Waals surface area contributed by atoms with Crippen LogP contribution in [-0.2, 0) is 0 Å². The van der Waals surface area contributed by atoms with E-state index in [1.54, 1.807) is 19.2 Å². The lowest BCUT2D eigenvalue weighted by molar-refractivity contribution is -0.384. The number of nitro groups is 1. The second-order valence-electron chi connectivity index (χ2n) is 4.76. The number of nitrogens with one attached hydrogen (secondary N) is 1. The molecule has 0 aliphatic heterocycles. The van der Waals surface area contributed by atoms with E-state index < -0.39 is 4.92 Å². The maximum atomic E-state index is 10.7. The highest BCUT2D eigenvalue weighted by atomic mass is 32.1. The average molecular weight is 339 g/mol. The molecule has 0 saturated heterocycles. The van der Waals surface area contributed by atoms with E-state index in [1.165, 1.54) is 23.5 Å². The van der Waals surface area contributed by atoms with E-state index in [1.807, 2.05) is 30.3 Å². The Balaban J connectivity index is 1.91. The van der Waals surface area contributed by atoms with Crippen LogP contribution >= 0.6 is 11.3 Å². The number of hydrogen-bond donors (Lipinski definition) is 1. The van der Waals surface area contributed by atoms with Crippen molar-refractivity contribution < 1.29 is 4.92 Å². The number of rotatable bonds is 5. The SMILES string of the molecule is CNc1nc(-c2ccccc2)c(N=Nc2ccc([N+](=O)[O-])cc2)s1. The van der Waals surface area contributed by atoms with Gasteiger partial charge in [0.1, 0.15) is 5.69 Å². The fraction of sp³-hybridized carbons (Fsp3) is 0.0625. The Hall–Kier alpha value is -3.13. The van der Waals surface area contributed by atoms with Gasteiger partial charge in [-0.2, -0.15) is 0 Å². The maximum absolute atomic E-state index is 10.7. The Morgan fingerprint density at radius 3 is 2.42 bits per heavy atom. The minimum absolute atomic E-state index is 0.0224. The van der Waals surface area contributed by atoms with Crippen molar-refractivity contribution in [1.29, 1.82) is 0 Å². The number of non-ortho nitro benzene ring substituents is 1. The molecule has 1 N–H and O–H groups in total. The lowest BCUT2D eigenvalue weighted by Crippen LogP contribution is -1.85. The molecule has 7 nitrogen and oxygen atoms in total. The molecule has 2 aromatic carbocycles. The van der Waals surface area contributed by atoms with Crippen molar-refractivity contribution in [3.63, 3.8) is 0 Å². The summed E-state index contributed by atoms with van der Waals surface area (Å²) in [7, 11) is 1.80. The first-order valence-electron chi connectivity index (χ1n) is 7.07. The average Bonchev–Trinajstić information content (AvgIpc) is 3.04. The molecule has 0 atom stereocenters. The summed E-state index contributed by atoms with van der Waals surface area (Å²) in [6.07, 6.45) is 0. The topological polar surface area (TPSA) is 92.8 Å². The third-order valence-electron chi connectivity index (χ3n) is 3.19. The lowest BCUT2D eigenvalue weighted by Gasteiger charge is -1.97. The lowest BCUT2D eigenvalue weighted by atomic mass is 10.2. The summed E-state index contributed by atoms with van der Waals surface area (Å²) in [5, 5.41) is 23.5. The van der Waals surface area contributed by atoms with Crippen LogP contribution in [-0.4, -0.2) is 17.0 Å². The zero-order valence-corrected chi connectivity index (χ0v) is 13.5. The minimum atomic E-state index is -0.448. The first-order valence-corrected chi connectivity index (χ1v) is 7.89. The van der Waals surface area contributed by atoms with Gasteiger partial charge in [-0.05, 0) is 12.1 Å². The van der Waals surface area contributed by atoms with Crippen molar-refractivity contribution in [1.82, 2.24) is 4.98 Å². The van der Waals surface area contributed by atoms with Gasteiger partial charge in [-0.25, -0.2) is 4.98 Å². The monoisotopic (exact) mass is 339 g/mol. The molecule has 0 bridgehead atoms. The Morgan fingerprint density at radius 2 is 1.79 bits per heavy atom. The molecule has 24 heavy (non-hydrogen) atoms. The zero-order chi connectivity index (χ0) is 16.9. The second-order valence-corrected chi connectivity index (χ2v) is 5.74. The summed E-state index contributed by atoms with van der Waals surface area (Å²) in [6, 6.07) is 15.6. The molecule has 0 aliphatic rings. The van der Waals surface area contributed by atoms with Crippen LogP contribution in [0.25, 0.3) is 11.3 Å². The van der Waals surface area contributed by atoms with E-state index in [-0.39, 0.29) is 5.69 Å². The quantitative estimate of drug-likeness (QED) is 0.394. The number of thiazole rings is 1. The summed E-state index contributed by atoms with van der Waals surface area (Å²) in [5.41, 5.74) is 2.26. The molecular weight excluding hydrogens is 326 g/mol. The fourth-order valence-corrected chi connectivity index (χ4v) is 2.78. The van der Waals surface area contributed by atoms with Crippen molar-refractivity contribution in [2.75, 3.05) is 12.4 Å². The Morgan fingerprint density at radius 1 is 1.08 bits per heavy atom. The molecule has 0 spiro atoms. The predicted octanol–water partition coefficient (Wildman–Crippen LogP) is 5.18. The number of nitrogens with zero attached hydrogens (tertiary/aromatic N) is 4. The van der Waals surface area contributed by atoms with E-state index in [0.29, 0.717) is 10.7 Å². The van der Waals surface area contributed by atoms with Gasteiger partial charge in [0.2, 0.25) is 0 Å². The van der Waals surface area contributed by atoms with Gasteiger partial charge in [0.15, 0.2) is 10.1 Å². The van der Waals surface area contributed by atoms with Gasteiger partial charge in [-0.3, -0.25) is 10.1 Å². The van der Waals surface area contributed by atoms with Crippen molar-refractivity contribution >= 4 is 32.8 Å². The molecule has 0 fully saturated rings. The molecule has 1 heterocycles. The molecule has 0 radical (unpaired) electrons. The molecule has 0 unspecified atom stereocenters.